The van der Waals surface area contributed by atoms with Gasteiger partial charge in [0.15, 0.2) is 0 Å². The van der Waals surface area contributed by atoms with E-state index >= 15 is 0 Å². The van der Waals surface area contributed by atoms with Gasteiger partial charge in [-0.25, -0.2) is 4.39 Å². The summed E-state index contributed by atoms with van der Waals surface area (Å²) in [6.45, 7) is 2.21. The molecule has 0 unspecified atom stereocenters. The number of halogens is 1. The van der Waals surface area contributed by atoms with E-state index < -0.39 is 5.82 Å². The molecule has 1 N–H and O–H groups in total. The smallest absolute Gasteiger partial charge is 0.257 e. The van der Waals surface area contributed by atoms with Crippen molar-refractivity contribution in [2.24, 2.45) is 5.92 Å². The monoisotopic (exact) mass is 281 g/mol. The minimum Gasteiger partial charge on any atom is -0.507 e. The van der Waals surface area contributed by atoms with E-state index in [9.17, 15) is 14.3 Å². The number of hydrogen-bond acceptors (Lipinski definition) is 3. The fourth-order valence-corrected chi connectivity index (χ4v) is 2.40. The number of carbonyl (C=O) groups is 1. The predicted octanol–water partition coefficient (Wildman–Crippen LogP) is 2.42. The zero-order valence-corrected chi connectivity index (χ0v) is 11.6. The van der Waals surface area contributed by atoms with E-state index in [1.54, 1.807) is 11.9 Å². The minimum absolute atomic E-state index is 0.140. The van der Waals surface area contributed by atoms with E-state index in [4.69, 9.17) is 4.74 Å². The summed E-state index contributed by atoms with van der Waals surface area (Å²) in [6.07, 6.45) is 2.99. The molecule has 1 aliphatic rings. The second-order valence-corrected chi connectivity index (χ2v) is 5.23. The molecule has 1 aromatic carbocycles. The molecule has 1 amide bonds. The molecule has 0 aliphatic carbocycles. The first-order chi connectivity index (χ1) is 9.58. The van der Waals surface area contributed by atoms with Gasteiger partial charge in [0.25, 0.3) is 5.91 Å². The molecule has 5 heteroatoms. The highest BCUT2D eigenvalue weighted by molar-refractivity contribution is 5.96. The van der Waals surface area contributed by atoms with Gasteiger partial charge in [0.2, 0.25) is 0 Å². The zero-order chi connectivity index (χ0) is 14.5. The first kappa shape index (κ1) is 14.8. The molecule has 0 saturated carbocycles. The topological polar surface area (TPSA) is 49.8 Å². The summed E-state index contributed by atoms with van der Waals surface area (Å²) in [7, 11) is 1.70. The van der Waals surface area contributed by atoms with Crippen LogP contribution in [0.4, 0.5) is 4.39 Å². The van der Waals surface area contributed by atoms with E-state index in [1.165, 1.54) is 12.1 Å². The molecular formula is C15H20FNO3. The maximum Gasteiger partial charge on any atom is 0.257 e. The van der Waals surface area contributed by atoms with Crippen molar-refractivity contribution in [2.75, 3.05) is 26.8 Å². The van der Waals surface area contributed by atoms with Crippen molar-refractivity contribution in [3.8, 4) is 5.75 Å². The number of carbonyl (C=O) groups excluding carboxylic acids is 1. The number of hydrogen-bond donors (Lipinski definition) is 1. The molecule has 0 atom stereocenters. The van der Waals surface area contributed by atoms with E-state index in [0.717, 1.165) is 38.5 Å². The highest BCUT2D eigenvalue weighted by Crippen LogP contribution is 2.21. The number of nitrogens with zero attached hydrogens (tertiary/aromatic N) is 1. The summed E-state index contributed by atoms with van der Waals surface area (Å²) < 4.78 is 18.2. The van der Waals surface area contributed by atoms with E-state index in [0.29, 0.717) is 12.5 Å². The Balaban J connectivity index is 1.90. The van der Waals surface area contributed by atoms with E-state index in [1.807, 2.05) is 0 Å². The summed E-state index contributed by atoms with van der Waals surface area (Å²) in [5.74, 6) is -0.563. The predicted molar refractivity (Wildman–Crippen MR) is 73.2 cm³/mol. The number of rotatable bonds is 4. The van der Waals surface area contributed by atoms with Crippen molar-refractivity contribution in [3.05, 3.63) is 29.6 Å². The lowest BCUT2D eigenvalue weighted by atomic mass is 9.96. The van der Waals surface area contributed by atoms with Crippen LogP contribution >= 0.6 is 0 Å². The van der Waals surface area contributed by atoms with Crippen LogP contribution in [0.3, 0.4) is 0 Å². The first-order valence-electron chi connectivity index (χ1n) is 6.89. The Morgan fingerprint density at radius 1 is 1.45 bits per heavy atom. The van der Waals surface area contributed by atoms with Crippen molar-refractivity contribution in [1.29, 1.82) is 0 Å². The van der Waals surface area contributed by atoms with Crippen LogP contribution in [-0.2, 0) is 4.74 Å². The summed E-state index contributed by atoms with van der Waals surface area (Å²) >= 11 is 0. The highest BCUT2D eigenvalue weighted by Gasteiger charge is 2.19. The fraction of sp³-hybridized carbons (Fsp3) is 0.533. The molecule has 0 aromatic heterocycles. The molecule has 0 spiro atoms. The van der Waals surface area contributed by atoms with Crippen molar-refractivity contribution in [3.63, 3.8) is 0 Å². The van der Waals surface area contributed by atoms with Gasteiger partial charge in [0.1, 0.15) is 11.6 Å². The average Bonchev–Trinajstić information content (AvgIpc) is 2.45. The SMILES string of the molecule is CN(CCC1CCOCC1)C(=O)c1ccc(F)cc1O. The molecule has 20 heavy (non-hydrogen) atoms. The van der Waals surface area contributed by atoms with Gasteiger partial charge < -0.3 is 14.7 Å². The summed E-state index contributed by atoms with van der Waals surface area (Å²) in [4.78, 5) is 13.7. The maximum absolute atomic E-state index is 12.9. The van der Waals surface area contributed by atoms with Gasteiger partial charge in [-0.2, -0.15) is 0 Å². The first-order valence-corrected chi connectivity index (χ1v) is 6.89. The highest BCUT2D eigenvalue weighted by atomic mass is 19.1. The van der Waals surface area contributed by atoms with Gasteiger partial charge >= 0.3 is 0 Å². The third-order valence-electron chi connectivity index (χ3n) is 3.75. The largest absolute Gasteiger partial charge is 0.507 e. The quantitative estimate of drug-likeness (QED) is 0.922. The van der Waals surface area contributed by atoms with Crippen molar-refractivity contribution < 1.29 is 19.0 Å². The van der Waals surface area contributed by atoms with Crippen molar-refractivity contribution >= 4 is 5.91 Å². The number of benzene rings is 1. The number of phenolic OH excluding ortho intramolecular Hbond substituents is 1. The lowest BCUT2D eigenvalue weighted by molar-refractivity contribution is 0.0583. The Morgan fingerprint density at radius 2 is 2.15 bits per heavy atom. The van der Waals surface area contributed by atoms with Crippen LogP contribution in [0.2, 0.25) is 0 Å². The van der Waals surface area contributed by atoms with Crippen molar-refractivity contribution in [1.82, 2.24) is 4.90 Å². The number of amides is 1. The third-order valence-corrected chi connectivity index (χ3v) is 3.75. The summed E-state index contributed by atoms with van der Waals surface area (Å²) in [5.41, 5.74) is 0.140. The Bertz CT molecular complexity index is 472. The molecule has 1 fully saturated rings. The van der Waals surface area contributed by atoms with Crippen LogP contribution in [-0.4, -0.2) is 42.7 Å². The lowest BCUT2D eigenvalue weighted by Gasteiger charge is -2.25. The standard InChI is InChI=1S/C15H20FNO3/c1-17(7-4-11-5-8-20-9-6-11)15(19)13-3-2-12(16)10-14(13)18/h2-3,10-11,18H,4-9H2,1H3. The number of aromatic hydroxyl groups is 1. The minimum atomic E-state index is -0.552. The van der Waals surface area contributed by atoms with Crippen LogP contribution in [0, 0.1) is 11.7 Å². The van der Waals surface area contributed by atoms with Crippen LogP contribution in [0.1, 0.15) is 29.6 Å². The molecule has 0 radical (unpaired) electrons. The maximum atomic E-state index is 12.9. The van der Waals surface area contributed by atoms with Gasteiger partial charge in [0, 0.05) is 32.9 Å². The molecule has 4 nitrogen and oxygen atoms in total. The average molecular weight is 281 g/mol. The number of phenols is 1. The molecule has 1 heterocycles. The normalized spacial score (nSPS) is 16.1. The lowest BCUT2D eigenvalue weighted by Crippen LogP contribution is -2.30. The van der Waals surface area contributed by atoms with E-state index in [-0.39, 0.29) is 17.2 Å². The fourth-order valence-electron chi connectivity index (χ4n) is 2.40. The van der Waals surface area contributed by atoms with Gasteiger partial charge in [-0.15, -0.1) is 0 Å². The molecule has 1 saturated heterocycles. The summed E-state index contributed by atoms with van der Waals surface area (Å²) in [6, 6.07) is 3.46. The van der Waals surface area contributed by atoms with Gasteiger partial charge in [-0.05, 0) is 37.3 Å². The van der Waals surface area contributed by atoms with Crippen LogP contribution in [0.15, 0.2) is 18.2 Å². The second kappa shape index (κ2) is 6.70. The van der Waals surface area contributed by atoms with Crippen molar-refractivity contribution in [2.45, 2.75) is 19.3 Å². The number of ether oxygens (including phenoxy) is 1. The Morgan fingerprint density at radius 3 is 2.80 bits per heavy atom. The molecule has 110 valence electrons. The second-order valence-electron chi connectivity index (χ2n) is 5.23. The summed E-state index contributed by atoms with van der Waals surface area (Å²) in [5, 5.41) is 9.62. The Labute approximate surface area is 118 Å². The van der Waals surface area contributed by atoms with E-state index in [2.05, 4.69) is 0 Å². The Kier molecular flexibility index (Phi) is 4.95. The Hall–Kier alpha value is -1.62. The molecule has 0 bridgehead atoms. The van der Waals surface area contributed by atoms with Crippen LogP contribution in [0.25, 0.3) is 0 Å². The van der Waals surface area contributed by atoms with Crippen LogP contribution < -0.4 is 0 Å². The van der Waals surface area contributed by atoms with Gasteiger partial charge in [-0.3, -0.25) is 4.79 Å². The third kappa shape index (κ3) is 3.70. The molecule has 2 rings (SSSR count). The van der Waals surface area contributed by atoms with Gasteiger partial charge in [0.05, 0.1) is 5.56 Å². The van der Waals surface area contributed by atoms with Crippen LogP contribution in [0.5, 0.6) is 5.75 Å². The zero-order valence-electron chi connectivity index (χ0n) is 11.6. The molecular weight excluding hydrogens is 261 g/mol. The molecule has 1 aromatic rings. The van der Waals surface area contributed by atoms with Gasteiger partial charge in [-0.1, -0.05) is 0 Å². The molecule has 1 aliphatic heterocycles.